The van der Waals surface area contributed by atoms with Crippen LogP contribution in [0.4, 0.5) is 0 Å². The summed E-state index contributed by atoms with van der Waals surface area (Å²) in [7, 11) is 4.45. The summed E-state index contributed by atoms with van der Waals surface area (Å²) in [5.41, 5.74) is 4.18. The molecule has 256 valence electrons. The van der Waals surface area contributed by atoms with Crippen LogP contribution in [0.1, 0.15) is 48.3 Å². The first-order valence-electron chi connectivity index (χ1n) is 15.9. The van der Waals surface area contributed by atoms with Crippen molar-refractivity contribution in [3.8, 4) is 28.4 Å². The lowest BCUT2D eigenvalue weighted by atomic mass is 9.95. The number of hydrogen-bond acceptors (Lipinski definition) is 10. The molecule has 50 heavy (non-hydrogen) atoms. The summed E-state index contributed by atoms with van der Waals surface area (Å²) in [4.78, 5) is 45.4. The van der Waals surface area contributed by atoms with Gasteiger partial charge in [0.1, 0.15) is 5.69 Å². The van der Waals surface area contributed by atoms with Crippen molar-refractivity contribution in [3.63, 3.8) is 0 Å². The second kappa shape index (κ2) is 14.4. The van der Waals surface area contributed by atoms with Crippen molar-refractivity contribution in [1.82, 2.24) is 14.3 Å². The average molecular weight is 693 g/mol. The van der Waals surface area contributed by atoms with Crippen LogP contribution in [0.2, 0.25) is 0 Å². The molecule has 2 aromatic heterocycles. The maximum absolute atomic E-state index is 14.4. The Labute approximate surface area is 292 Å². The quantitative estimate of drug-likeness (QED) is 0.186. The fourth-order valence-corrected chi connectivity index (χ4v) is 6.73. The molecule has 0 radical (unpaired) electrons. The predicted octanol–water partition coefficient (Wildman–Crippen LogP) is 5.09. The van der Waals surface area contributed by atoms with Crippen LogP contribution in [0.3, 0.4) is 0 Å². The second-order valence-corrected chi connectivity index (χ2v) is 13.0. The first kappa shape index (κ1) is 34.1. The minimum Gasteiger partial charge on any atom is -0.493 e. The lowest BCUT2D eigenvalue weighted by Crippen LogP contribution is -2.40. The molecule has 3 heterocycles. The third-order valence-corrected chi connectivity index (χ3v) is 9.13. The minimum atomic E-state index is -0.850. The third kappa shape index (κ3) is 6.61. The number of thiazole rings is 1. The largest absolute Gasteiger partial charge is 0.493 e. The van der Waals surface area contributed by atoms with Gasteiger partial charge < -0.3 is 18.9 Å². The van der Waals surface area contributed by atoms with Gasteiger partial charge >= 0.3 is 11.9 Å². The van der Waals surface area contributed by atoms with Crippen LogP contribution in [-0.4, -0.2) is 54.2 Å². The molecule has 0 unspecified atom stereocenters. The molecule has 1 aliphatic rings. The lowest BCUT2D eigenvalue weighted by molar-refractivity contribution is -0.140. The number of carbonyl (C=O) groups is 2. The SMILES string of the molecule is COC(=O)c1ccc([C@H]2C(C(=O)OCC(C)C)=C(C)N=c3s/c(=C\c4cn(-c5ccccc5)nc4-c4ccc(OC)c(OC)c4)c(=O)n32)cc1. The number of aromatic nitrogens is 3. The van der Waals surface area contributed by atoms with Crippen LogP contribution in [0.15, 0.2) is 100 Å². The smallest absolute Gasteiger partial charge is 0.338 e. The number of benzene rings is 3. The minimum absolute atomic E-state index is 0.107. The number of fused-ring (bicyclic) bond motifs is 1. The van der Waals surface area contributed by atoms with E-state index in [0.29, 0.717) is 48.9 Å². The Hall–Kier alpha value is -5.75. The molecule has 0 bridgehead atoms. The van der Waals surface area contributed by atoms with E-state index in [-0.39, 0.29) is 23.7 Å². The topological polar surface area (TPSA) is 123 Å². The van der Waals surface area contributed by atoms with Gasteiger partial charge in [-0.3, -0.25) is 9.36 Å². The summed E-state index contributed by atoms with van der Waals surface area (Å²) in [6.07, 6.45) is 3.65. The molecule has 12 heteroatoms. The zero-order valence-electron chi connectivity index (χ0n) is 28.5. The van der Waals surface area contributed by atoms with E-state index in [4.69, 9.17) is 29.0 Å². The standard InChI is InChI=1S/C38H36N4O7S/c1-22(2)21-49-37(45)32-23(3)39-38-42(34(32)24-12-14-25(15-13-24)36(44)48-6)35(43)31(50-38)19-27-20-41(28-10-8-7-9-11-28)40-33(27)26-16-17-29(46-4)30(18-26)47-5/h7-20,22,34H,21H2,1-6H3/b31-19-/t34-/m0/s1. The Morgan fingerprint density at radius 3 is 2.32 bits per heavy atom. The van der Waals surface area contributed by atoms with E-state index < -0.39 is 18.0 Å². The van der Waals surface area contributed by atoms with Crippen molar-refractivity contribution in [2.75, 3.05) is 27.9 Å². The highest BCUT2D eigenvalue weighted by Gasteiger charge is 2.34. The molecule has 6 rings (SSSR count). The number of hydrogen-bond donors (Lipinski definition) is 0. The molecule has 3 aromatic carbocycles. The van der Waals surface area contributed by atoms with E-state index in [2.05, 4.69) is 0 Å². The van der Waals surface area contributed by atoms with E-state index in [1.165, 1.54) is 23.0 Å². The third-order valence-electron chi connectivity index (χ3n) is 8.14. The van der Waals surface area contributed by atoms with E-state index in [1.54, 1.807) is 56.2 Å². The number of methoxy groups -OCH3 is 3. The first-order chi connectivity index (χ1) is 24.1. The Balaban J connectivity index is 1.54. The number of nitrogens with zero attached hydrogens (tertiary/aromatic N) is 4. The molecular formula is C38H36N4O7S. The van der Waals surface area contributed by atoms with Crippen LogP contribution in [0, 0.1) is 5.92 Å². The van der Waals surface area contributed by atoms with Crippen LogP contribution in [0.25, 0.3) is 23.0 Å². The summed E-state index contributed by atoms with van der Waals surface area (Å²) < 4.78 is 25.2. The number of carbonyl (C=O) groups excluding carboxylic acids is 2. The maximum Gasteiger partial charge on any atom is 0.338 e. The molecule has 11 nitrogen and oxygen atoms in total. The fraction of sp³-hybridized carbons (Fsp3) is 0.237. The van der Waals surface area contributed by atoms with Gasteiger partial charge in [-0.15, -0.1) is 0 Å². The summed E-state index contributed by atoms with van der Waals surface area (Å²) in [5.74, 6) is 0.165. The Kier molecular flexibility index (Phi) is 9.82. The fourth-order valence-electron chi connectivity index (χ4n) is 5.69. The molecule has 0 saturated heterocycles. The van der Waals surface area contributed by atoms with E-state index in [1.807, 2.05) is 68.6 Å². The van der Waals surface area contributed by atoms with Gasteiger partial charge in [0.15, 0.2) is 16.3 Å². The van der Waals surface area contributed by atoms with Crippen LogP contribution in [-0.2, 0) is 14.3 Å². The monoisotopic (exact) mass is 692 g/mol. The summed E-state index contributed by atoms with van der Waals surface area (Å²) in [6, 6.07) is 21.0. The van der Waals surface area contributed by atoms with Crippen molar-refractivity contribution in [1.29, 1.82) is 0 Å². The van der Waals surface area contributed by atoms with Crippen molar-refractivity contribution in [2.45, 2.75) is 26.8 Å². The molecule has 0 aliphatic carbocycles. The van der Waals surface area contributed by atoms with Gasteiger partial charge in [0, 0.05) is 17.3 Å². The molecule has 1 aliphatic heterocycles. The van der Waals surface area contributed by atoms with Gasteiger partial charge in [-0.2, -0.15) is 5.10 Å². The number of esters is 2. The summed E-state index contributed by atoms with van der Waals surface area (Å²) in [5, 5.41) is 4.92. The van der Waals surface area contributed by atoms with Crippen molar-refractivity contribution in [3.05, 3.63) is 127 Å². The molecule has 0 N–H and O–H groups in total. The molecular weight excluding hydrogens is 657 g/mol. The number of para-hydroxylation sites is 1. The summed E-state index contributed by atoms with van der Waals surface area (Å²) in [6.45, 7) is 5.83. The Bertz CT molecular complexity index is 2280. The second-order valence-electron chi connectivity index (χ2n) is 12.0. The van der Waals surface area contributed by atoms with Crippen molar-refractivity contribution < 1.29 is 28.5 Å². The van der Waals surface area contributed by atoms with Crippen LogP contribution >= 0.6 is 11.3 Å². The van der Waals surface area contributed by atoms with Crippen molar-refractivity contribution in [2.24, 2.45) is 10.9 Å². The normalized spacial score (nSPS) is 14.3. The first-order valence-corrected chi connectivity index (χ1v) is 16.7. The zero-order valence-corrected chi connectivity index (χ0v) is 29.3. The number of ether oxygens (including phenoxy) is 4. The van der Waals surface area contributed by atoms with Gasteiger partial charge in [0.05, 0.1) is 61.0 Å². The van der Waals surface area contributed by atoms with E-state index in [0.717, 1.165) is 11.3 Å². The Morgan fingerprint density at radius 2 is 1.66 bits per heavy atom. The Morgan fingerprint density at radius 1 is 0.940 bits per heavy atom. The van der Waals surface area contributed by atoms with Gasteiger partial charge in [-0.05, 0) is 66.9 Å². The molecule has 0 amide bonds. The molecule has 0 spiro atoms. The molecule has 0 fully saturated rings. The van der Waals surface area contributed by atoms with Gasteiger partial charge in [0.2, 0.25) is 0 Å². The predicted molar refractivity (Wildman–Crippen MR) is 189 cm³/mol. The zero-order chi connectivity index (χ0) is 35.5. The van der Waals surface area contributed by atoms with E-state index >= 15 is 0 Å². The number of allylic oxidation sites excluding steroid dienone is 1. The highest BCUT2D eigenvalue weighted by Crippen LogP contribution is 2.34. The summed E-state index contributed by atoms with van der Waals surface area (Å²) >= 11 is 1.21. The highest BCUT2D eigenvalue weighted by molar-refractivity contribution is 7.07. The van der Waals surface area contributed by atoms with E-state index in [9.17, 15) is 14.4 Å². The van der Waals surface area contributed by atoms with Gasteiger partial charge in [0.25, 0.3) is 5.56 Å². The van der Waals surface area contributed by atoms with Crippen LogP contribution in [0.5, 0.6) is 11.5 Å². The molecule has 0 saturated carbocycles. The van der Waals surface area contributed by atoms with Gasteiger partial charge in [-0.1, -0.05) is 55.5 Å². The number of rotatable bonds is 10. The lowest BCUT2D eigenvalue weighted by Gasteiger charge is -2.25. The average Bonchev–Trinajstić information content (AvgIpc) is 3.69. The van der Waals surface area contributed by atoms with Gasteiger partial charge in [-0.25, -0.2) is 19.3 Å². The molecule has 1 atom stereocenters. The maximum atomic E-state index is 14.4. The molecule has 5 aromatic rings. The highest BCUT2D eigenvalue weighted by atomic mass is 32.1. The van der Waals surface area contributed by atoms with Crippen molar-refractivity contribution >= 4 is 29.4 Å². The van der Waals surface area contributed by atoms with Crippen LogP contribution < -0.4 is 24.4 Å².